The van der Waals surface area contributed by atoms with Crippen molar-refractivity contribution < 1.29 is 19.4 Å². The Hall–Kier alpha value is -2.10. The lowest BCUT2D eigenvalue weighted by Crippen LogP contribution is -2.27. The number of carbonyl (C=O) groups excluding carboxylic acids is 1. The van der Waals surface area contributed by atoms with E-state index in [-0.39, 0.29) is 5.56 Å². The molecule has 0 spiro atoms. The van der Waals surface area contributed by atoms with Gasteiger partial charge in [-0.25, -0.2) is 9.59 Å². The highest BCUT2D eigenvalue weighted by Gasteiger charge is 2.29. The van der Waals surface area contributed by atoms with Crippen molar-refractivity contribution in [1.82, 2.24) is 0 Å². The predicted octanol–water partition coefficient (Wildman–Crippen LogP) is 4.23. The highest BCUT2D eigenvalue weighted by atomic mass is 79.9. The molecule has 0 fully saturated rings. The van der Waals surface area contributed by atoms with E-state index in [1.54, 1.807) is 39.0 Å². The maximum Gasteiger partial charge on any atom is 0.343 e. The number of carboxylic acid groups (broad SMARTS) is 1. The second-order valence-corrected chi connectivity index (χ2v) is 6.99. The van der Waals surface area contributed by atoms with Gasteiger partial charge >= 0.3 is 11.9 Å². The molecule has 4 nitrogen and oxygen atoms in total. The first-order valence-corrected chi connectivity index (χ1v) is 8.64. The highest BCUT2D eigenvalue weighted by Crippen LogP contribution is 2.33. The van der Waals surface area contributed by atoms with Crippen LogP contribution in [-0.2, 0) is 9.53 Å². The van der Waals surface area contributed by atoms with Crippen LogP contribution >= 0.6 is 15.9 Å². The summed E-state index contributed by atoms with van der Waals surface area (Å²) in [6.07, 6.45) is 3.65. The van der Waals surface area contributed by atoms with E-state index < -0.39 is 23.5 Å². The van der Waals surface area contributed by atoms with Gasteiger partial charge in [0.1, 0.15) is 5.60 Å². The second-order valence-electron chi connectivity index (χ2n) is 6.43. The number of halogens is 1. The van der Waals surface area contributed by atoms with E-state index in [1.807, 2.05) is 12.2 Å². The summed E-state index contributed by atoms with van der Waals surface area (Å²) in [6.45, 7) is 5.37. The van der Waals surface area contributed by atoms with Gasteiger partial charge in [0.25, 0.3) is 0 Å². The Labute approximate surface area is 149 Å². The maximum atomic E-state index is 12.6. The van der Waals surface area contributed by atoms with E-state index in [2.05, 4.69) is 21.7 Å². The highest BCUT2D eigenvalue weighted by molar-refractivity contribution is 9.09. The van der Waals surface area contributed by atoms with E-state index in [4.69, 9.17) is 4.74 Å². The Morgan fingerprint density at radius 1 is 1.29 bits per heavy atom. The van der Waals surface area contributed by atoms with Crippen LogP contribution in [0.4, 0.5) is 0 Å². The predicted molar refractivity (Wildman–Crippen MR) is 95.5 cm³/mol. The fraction of sp³-hybridized carbons (Fsp3) is 0.316. The molecule has 1 N–H and O–H groups in total. The van der Waals surface area contributed by atoms with Crippen molar-refractivity contribution in [2.45, 2.75) is 32.3 Å². The molecule has 0 saturated carbocycles. The van der Waals surface area contributed by atoms with Gasteiger partial charge in [-0.05, 0) is 32.4 Å². The summed E-state index contributed by atoms with van der Waals surface area (Å²) < 4.78 is 5.47. The summed E-state index contributed by atoms with van der Waals surface area (Å²) in [6, 6.07) is 6.66. The molecular weight excluding hydrogens is 372 g/mol. The molecule has 0 radical (unpaired) electrons. The number of ether oxygens (including phenoxy) is 1. The number of hydrogen-bond acceptors (Lipinski definition) is 3. The zero-order valence-electron chi connectivity index (χ0n) is 13.8. The van der Waals surface area contributed by atoms with Gasteiger partial charge < -0.3 is 9.84 Å². The Kier molecular flexibility index (Phi) is 5.47. The van der Waals surface area contributed by atoms with Crippen molar-refractivity contribution in [1.29, 1.82) is 0 Å². The number of rotatable bonds is 4. The largest absolute Gasteiger partial charge is 0.478 e. The molecule has 0 amide bonds. The average molecular weight is 391 g/mol. The Morgan fingerprint density at radius 3 is 2.54 bits per heavy atom. The number of esters is 1. The van der Waals surface area contributed by atoms with E-state index in [1.165, 1.54) is 6.07 Å². The third kappa shape index (κ3) is 4.25. The van der Waals surface area contributed by atoms with E-state index >= 15 is 0 Å². The minimum absolute atomic E-state index is 0.164. The number of carbonyl (C=O) groups is 2. The van der Waals surface area contributed by atoms with E-state index in [0.717, 1.165) is 5.57 Å². The molecule has 0 bridgehead atoms. The first kappa shape index (κ1) is 18.2. The number of hydrogen-bond donors (Lipinski definition) is 1. The second kappa shape index (κ2) is 7.20. The first-order chi connectivity index (χ1) is 11.2. The third-order valence-electron chi connectivity index (χ3n) is 3.39. The maximum absolute atomic E-state index is 12.6. The molecular formula is C19H19BrO4. The average Bonchev–Trinajstić information content (AvgIpc) is 2.52. The molecule has 1 aromatic carbocycles. The Morgan fingerprint density at radius 2 is 1.96 bits per heavy atom. The molecule has 1 atom stereocenters. The number of aromatic carboxylic acids is 1. The van der Waals surface area contributed by atoms with Crippen LogP contribution in [0.25, 0.3) is 0 Å². The van der Waals surface area contributed by atoms with Crippen molar-refractivity contribution in [2.75, 3.05) is 5.33 Å². The van der Waals surface area contributed by atoms with E-state index in [9.17, 15) is 14.7 Å². The summed E-state index contributed by atoms with van der Waals surface area (Å²) in [5.74, 6) is -2.02. The van der Waals surface area contributed by atoms with Gasteiger partial charge in [-0.15, -0.1) is 5.73 Å². The lowest BCUT2D eigenvalue weighted by atomic mass is 9.85. The zero-order chi connectivity index (χ0) is 17.9. The minimum Gasteiger partial charge on any atom is -0.478 e. The van der Waals surface area contributed by atoms with Crippen LogP contribution in [-0.4, -0.2) is 28.0 Å². The van der Waals surface area contributed by atoms with Gasteiger partial charge in [0, 0.05) is 16.8 Å². The summed E-state index contributed by atoms with van der Waals surface area (Å²) >= 11 is 3.35. The number of benzene rings is 1. The van der Waals surface area contributed by atoms with Gasteiger partial charge in [-0.2, -0.15) is 0 Å². The van der Waals surface area contributed by atoms with Gasteiger partial charge in [0.15, 0.2) is 0 Å². The van der Waals surface area contributed by atoms with Gasteiger partial charge in [-0.3, -0.25) is 0 Å². The Balaban J connectivity index is 2.54. The smallest absolute Gasteiger partial charge is 0.343 e. The molecule has 0 heterocycles. The SMILES string of the molecule is CC(C)(C)OC(=O)C1=C=C(CBr)C=CC1c1ccccc1C(=O)O. The van der Waals surface area contributed by atoms with Crippen LogP contribution in [0.1, 0.15) is 42.6 Å². The first-order valence-electron chi connectivity index (χ1n) is 7.52. The quantitative estimate of drug-likeness (QED) is 0.474. The molecule has 1 aliphatic carbocycles. The van der Waals surface area contributed by atoms with Crippen LogP contribution in [0.5, 0.6) is 0 Å². The molecule has 5 heteroatoms. The molecule has 126 valence electrons. The molecule has 2 rings (SSSR count). The minimum atomic E-state index is -1.03. The molecule has 1 unspecified atom stereocenters. The van der Waals surface area contributed by atoms with Gasteiger partial charge in [-0.1, -0.05) is 46.3 Å². The number of allylic oxidation sites excluding steroid dienone is 2. The van der Waals surface area contributed by atoms with Crippen molar-refractivity contribution in [3.05, 3.63) is 64.4 Å². The topological polar surface area (TPSA) is 63.6 Å². The van der Waals surface area contributed by atoms with E-state index in [0.29, 0.717) is 16.5 Å². The van der Waals surface area contributed by atoms with Crippen molar-refractivity contribution in [3.8, 4) is 0 Å². The fourth-order valence-corrected chi connectivity index (χ4v) is 2.74. The fourth-order valence-electron chi connectivity index (χ4n) is 2.41. The van der Waals surface area contributed by atoms with Crippen LogP contribution in [0, 0.1) is 0 Å². The zero-order valence-corrected chi connectivity index (χ0v) is 15.4. The molecule has 1 aromatic rings. The van der Waals surface area contributed by atoms with Crippen molar-refractivity contribution >= 4 is 27.9 Å². The van der Waals surface area contributed by atoms with Crippen molar-refractivity contribution in [2.24, 2.45) is 0 Å². The molecule has 0 saturated heterocycles. The molecule has 0 aromatic heterocycles. The number of carboxylic acids is 1. The van der Waals surface area contributed by atoms with Crippen molar-refractivity contribution in [3.63, 3.8) is 0 Å². The summed E-state index contributed by atoms with van der Waals surface area (Å²) in [5, 5.41) is 9.97. The normalized spacial score (nSPS) is 17.1. The van der Waals surface area contributed by atoms with Gasteiger partial charge in [0.2, 0.25) is 0 Å². The monoisotopic (exact) mass is 390 g/mol. The molecule has 24 heavy (non-hydrogen) atoms. The van der Waals surface area contributed by atoms with Crippen LogP contribution < -0.4 is 0 Å². The molecule has 1 aliphatic rings. The lowest BCUT2D eigenvalue weighted by molar-refractivity contribution is -0.150. The lowest BCUT2D eigenvalue weighted by Gasteiger charge is -2.24. The summed E-state index contributed by atoms with van der Waals surface area (Å²) in [5.41, 5.74) is 4.26. The van der Waals surface area contributed by atoms with Crippen LogP contribution in [0.15, 0.2) is 53.3 Å². The van der Waals surface area contributed by atoms with Crippen LogP contribution in [0.2, 0.25) is 0 Å². The summed E-state index contributed by atoms with van der Waals surface area (Å²) in [4.78, 5) is 24.1. The van der Waals surface area contributed by atoms with Gasteiger partial charge in [0.05, 0.1) is 11.1 Å². The third-order valence-corrected chi connectivity index (χ3v) is 3.99. The Bertz CT molecular complexity index is 762. The van der Waals surface area contributed by atoms with Crippen LogP contribution in [0.3, 0.4) is 0 Å². The summed E-state index contributed by atoms with van der Waals surface area (Å²) in [7, 11) is 0. The molecule has 0 aliphatic heterocycles. The standard InChI is InChI=1S/C19H19BrO4/c1-19(2,3)24-18(23)16-10-12(11-20)8-9-14(16)13-6-4-5-7-15(13)17(21)22/h4-9,14H,11H2,1-3H3,(H,21,22). The number of alkyl halides is 1.